The van der Waals surface area contributed by atoms with Crippen LogP contribution in [0, 0.1) is 0 Å². The Morgan fingerprint density at radius 1 is 1.29 bits per heavy atom. The molecule has 7 heteroatoms. The van der Waals surface area contributed by atoms with Crippen LogP contribution in [0.1, 0.15) is 40.2 Å². The predicted molar refractivity (Wildman–Crippen MR) is 102 cm³/mol. The van der Waals surface area contributed by atoms with Crippen LogP contribution >= 0.6 is 27.5 Å². The lowest BCUT2D eigenvalue weighted by Crippen LogP contribution is -2.41. The summed E-state index contributed by atoms with van der Waals surface area (Å²) >= 11 is 9.71. The molecule has 24 heavy (non-hydrogen) atoms. The summed E-state index contributed by atoms with van der Waals surface area (Å²) in [6.45, 7) is 9.80. The summed E-state index contributed by atoms with van der Waals surface area (Å²) in [5, 5.41) is 3.42. The summed E-state index contributed by atoms with van der Waals surface area (Å²) < 4.78 is 13.1. The Morgan fingerprint density at radius 3 is 2.38 bits per heavy atom. The zero-order valence-electron chi connectivity index (χ0n) is 14.6. The number of carbonyl (C=O) groups excluding carboxylic acids is 1. The number of hydrogen-bond acceptors (Lipinski definition) is 3. The molecule has 1 aliphatic rings. The van der Waals surface area contributed by atoms with E-state index in [9.17, 15) is 4.79 Å². The minimum Gasteiger partial charge on any atom is -0.400 e. The fourth-order valence-corrected chi connectivity index (χ4v) is 2.97. The van der Waals surface area contributed by atoms with Gasteiger partial charge in [0.25, 0.3) is 0 Å². The van der Waals surface area contributed by atoms with Crippen LogP contribution in [0.3, 0.4) is 0 Å². The van der Waals surface area contributed by atoms with Crippen molar-refractivity contribution in [1.29, 1.82) is 0 Å². The van der Waals surface area contributed by atoms with Gasteiger partial charge in [-0.05, 0) is 50.9 Å². The standard InChI is InChI=1S/C17H22BBrClNO3/c1-11(22)21-10-13(8-12-6-7-14(19)9-15(12)20)18-23-16(2,3)17(4,5)24-18/h6-9H,10H2,1-5H3,(H,21,22). The summed E-state index contributed by atoms with van der Waals surface area (Å²) in [6, 6.07) is 5.65. The zero-order chi connectivity index (χ0) is 18.1. The van der Waals surface area contributed by atoms with E-state index in [-0.39, 0.29) is 5.91 Å². The van der Waals surface area contributed by atoms with Gasteiger partial charge in [0.05, 0.1) is 11.2 Å². The highest BCUT2D eigenvalue weighted by Crippen LogP contribution is 2.39. The van der Waals surface area contributed by atoms with E-state index in [0.717, 1.165) is 15.5 Å². The Balaban J connectivity index is 2.35. The molecule has 0 radical (unpaired) electrons. The van der Waals surface area contributed by atoms with E-state index in [4.69, 9.17) is 20.9 Å². The molecule has 0 aliphatic carbocycles. The molecule has 1 aromatic rings. The van der Waals surface area contributed by atoms with E-state index in [1.165, 1.54) is 6.92 Å². The van der Waals surface area contributed by atoms with E-state index in [1.807, 2.05) is 52.0 Å². The van der Waals surface area contributed by atoms with Gasteiger partial charge in [0, 0.05) is 23.0 Å². The van der Waals surface area contributed by atoms with Crippen LogP contribution in [0.2, 0.25) is 5.02 Å². The quantitative estimate of drug-likeness (QED) is 0.749. The maximum absolute atomic E-state index is 11.3. The molecule has 0 saturated carbocycles. The van der Waals surface area contributed by atoms with Crippen LogP contribution in [-0.4, -0.2) is 30.8 Å². The number of carbonyl (C=O) groups is 1. The first-order valence-electron chi connectivity index (χ1n) is 7.77. The molecule has 1 aliphatic heterocycles. The molecule has 1 amide bonds. The lowest BCUT2D eigenvalue weighted by molar-refractivity contribution is -0.118. The molecule has 1 N–H and O–H groups in total. The molecule has 1 heterocycles. The Hall–Kier alpha value is -0.815. The number of benzene rings is 1. The highest BCUT2D eigenvalue weighted by molar-refractivity contribution is 9.10. The molecule has 0 unspecified atom stereocenters. The third kappa shape index (κ3) is 4.42. The minimum absolute atomic E-state index is 0.112. The first-order valence-corrected chi connectivity index (χ1v) is 8.94. The first kappa shape index (κ1) is 19.5. The zero-order valence-corrected chi connectivity index (χ0v) is 16.9. The lowest BCUT2D eigenvalue weighted by atomic mass is 9.77. The molecule has 2 rings (SSSR count). The third-order valence-electron chi connectivity index (χ3n) is 4.40. The van der Waals surface area contributed by atoms with Gasteiger partial charge >= 0.3 is 7.12 Å². The fourth-order valence-electron chi connectivity index (χ4n) is 2.24. The van der Waals surface area contributed by atoms with Gasteiger partial charge in [-0.25, -0.2) is 0 Å². The molecular weight excluding hydrogens is 392 g/mol. The summed E-state index contributed by atoms with van der Waals surface area (Å²) in [5.74, 6) is -0.112. The molecule has 1 saturated heterocycles. The molecule has 0 spiro atoms. The van der Waals surface area contributed by atoms with Crippen LogP contribution in [0.15, 0.2) is 28.1 Å². The van der Waals surface area contributed by atoms with Crippen LogP contribution in [0.25, 0.3) is 6.08 Å². The Kier molecular flexibility index (Phi) is 5.85. The largest absolute Gasteiger partial charge is 0.492 e. The summed E-state index contributed by atoms with van der Waals surface area (Å²) in [5.41, 5.74) is 0.760. The number of halogens is 2. The second kappa shape index (κ2) is 7.20. The molecule has 0 aromatic heterocycles. The Bertz CT molecular complexity index is 660. The number of nitrogens with one attached hydrogen (secondary N) is 1. The molecule has 130 valence electrons. The van der Waals surface area contributed by atoms with Gasteiger partial charge < -0.3 is 14.6 Å². The normalized spacial score (nSPS) is 19.5. The smallest absolute Gasteiger partial charge is 0.400 e. The first-order chi connectivity index (χ1) is 11.0. The molecule has 1 fully saturated rings. The van der Waals surface area contributed by atoms with Crippen LogP contribution < -0.4 is 5.32 Å². The van der Waals surface area contributed by atoms with Crippen molar-refractivity contribution >= 4 is 46.6 Å². The van der Waals surface area contributed by atoms with Crippen molar-refractivity contribution in [2.45, 2.75) is 45.8 Å². The maximum atomic E-state index is 11.3. The summed E-state index contributed by atoms with van der Waals surface area (Å²) in [6.07, 6.45) is 1.91. The van der Waals surface area contributed by atoms with Crippen LogP contribution in [0.4, 0.5) is 0 Å². The van der Waals surface area contributed by atoms with E-state index in [0.29, 0.717) is 11.6 Å². The van der Waals surface area contributed by atoms with Gasteiger partial charge in [-0.1, -0.05) is 39.7 Å². The van der Waals surface area contributed by atoms with E-state index >= 15 is 0 Å². The van der Waals surface area contributed by atoms with Gasteiger partial charge in [0.15, 0.2) is 0 Å². The number of amides is 1. The minimum atomic E-state index is -0.540. The maximum Gasteiger partial charge on any atom is 0.492 e. The fraction of sp³-hybridized carbons (Fsp3) is 0.471. The predicted octanol–water partition coefficient (Wildman–Crippen LogP) is 4.25. The summed E-state index contributed by atoms with van der Waals surface area (Å²) in [4.78, 5) is 11.3. The third-order valence-corrected chi connectivity index (χ3v) is 5.22. The van der Waals surface area contributed by atoms with E-state index < -0.39 is 18.3 Å². The number of hydrogen-bond donors (Lipinski definition) is 1. The van der Waals surface area contributed by atoms with Crippen LogP contribution in [-0.2, 0) is 14.1 Å². The van der Waals surface area contributed by atoms with Gasteiger partial charge in [-0.15, -0.1) is 0 Å². The van der Waals surface area contributed by atoms with Gasteiger partial charge in [-0.3, -0.25) is 4.79 Å². The van der Waals surface area contributed by atoms with E-state index in [1.54, 1.807) is 0 Å². The highest BCUT2D eigenvalue weighted by atomic mass is 79.9. The van der Waals surface area contributed by atoms with Crippen molar-refractivity contribution in [3.8, 4) is 0 Å². The average molecular weight is 415 g/mol. The van der Waals surface area contributed by atoms with E-state index in [2.05, 4.69) is 21.2 Å². The highest BCUT2D eigenvalue weighted by Gasteiger charge is 2.52. The van der Waals surface area contributed by atoms with Gasteiger partial charge in [0.2, 0.25) is 5.91 Å². The Morgan fingerprint density at radius 2 is 1.88 bits per heavy atom. The topological polar surface area (TPSA) is 47.6 Å². The molecule has 0 atom stereocenters. The lowest BCUT2D eigenvalue weighted by Gasteiger charge is -2.32. The monoisotopic (exact) mass is 413 g/mol. The second-order valence-electron chi connectivity index (χ2n) is 6.88. The average Bonchev–Trinajstić information content (AvgIpc) is 2.65. The second-order valence-corrected chi connectivity index (χ2v) is 8.21. The SMILES string of the molecule is CC(=O)NCC(=Cc1ccc(Br)cc1Cl)B1OC(C)(C)C(C)(C)O1. The van der Waals surface area contributed by atoms with Gasteiger partial charge in [-0.2, -0.15) is 0 Å². The van der Waals surface area contributed by atoms with Crippen molar-refractivity contribution in [3.63, 3.8) is 0 Å². The van der Waals surface area contributed by atoms with Crippen molar-refractivity contribution in [2.75, 3.05) is 6.54 Å². The molecular formula is C17H22BBrClNO3. The Labute approximate surface area is 157 Å². The van der Waals surface area contributed by atoms with Crippen molar-refractivity contribution < 1.29 is 14.1 Å². The van der Waals surface area contributed by atoms with Crippen molar-refractivity contribution in [2.24, 2.45) is 0 Å². The van der Waals surface area contributed by atoms with Crippen LogP contribution in [0.5, 0.6) is 0 Å². The van der Waals surface area contributed by atoms with Gasteiger partial charge in [0.1, 0.15) is 0 Å². The molecule has 0 bridgehead atoms. The molecule has 1 aromatic carbocycles. The number of rotatable bonds is 4. The molecule has 4 nitrogen and oxygen atoms in total. The summed E-state index contributed by atoms with van der Waals surface area (Å²) in [7, 11) is -0.540. The van der Waals surface area contributed by atoms with Crippen molar-refractivity contribution in [3.05, 3.63) is 38.7 Å². The van der Waals surface area contributed by atoms with Crippen molar-refractivity contribution in [1.82, 2.24) is 5.32 Å².